The molecule has 0 bridgehead atoms. The van der Waals surface area contributed by atoms with E-state index in [1.807, 2.05) is 38.1 Å². The van der Waals surface area contributed by atoms with Crippen LogP contribution >= 0.6 is 0 Å². The second kappa shape index (κ2) is 8.64. The van der Waals surface area contributed by atoms with Gasteiger partial charge >= 0.3 is 6.03 Å². The molecule has 9 heteroatoms. The monoisotopic (exact) mass is 463 g/mol. The highest BCUT2D eigenvalue weighted by Crippen LogP contribution is 2.32. The standard InChI is InChI=1S/C25H29N5O4/c1-15-20(24(32)29-13-11-21(31)16(29)2)14-30-23(15)22(10-12-26-30)34-19-8-6-18(7-9-19)28(3)25(33)27-17-4-5-17/h6-10,12,14,16-17,21,31H,4-5,11,13H2,1-3H3,(H,27,33)/t16-,21-/m1/s1. The van der Waals surface area contributed by atoms with Gasteiger partial charge in [0.15, 0.2) is 5.75 Å². The van der Waals surface area contributed by atoms with E-state index in [0.29, 0.717) is 41.6 Å². The topological polar surface area (TPSA) is 99.4 Å². The maximum Gasteiger partial charge on any atom is 0.321 e. The number of carbonyl (C=O) groups is 2. The number of hydrogen-bond acceptors (Lipinski definition) is 5. The van der Waals surface area contributed by atoms with Crippen molar-refractivity contribution >= 4 is 23.1 Å². The summed E-state index contributed by atoms with van der Waals surface area (Å²) in [5.41, 5.74) is 2.79. The second-order valence-corrected chi connectivity index (χ2v) is 9.13. The molecule has 3 aromatic rings. The molecule has 3 heterocycles. The first-order valence-electron chi connectivity index (χ1n) is 11.6. The van der Waals surface area contributed by atoms with E-state index in [2.05, 4.69) is 10.4 Å². The lowest BCUT2D eigenvalue weighted by molar-refractivity contribution is 0.0666. The number of nitrogens with zero attached hydrogens (tertiary/aromatic N) is 4. The van der Waals surface area contributed by atoms with Crippen molar-refractivity contribution in [3.8, 4) is 11.5 Å². The zero-order valence-electron chi connectivity index (χ0n) is 19.6. The van der Waals surface area contributed by atoms with Crippen molar-refractivity contribution in [3.05, 3.63) is 53.9 Å². The number of likely N-dealkylation sites (tertiary alicyclic amines) is 1. The molecule has 5 rings (SSSR count). The Kier molecular flexibility index (Phi) is 5.65. The van der Waals surface area contributed by atoms with E-state index in [1.54, 1.807) is 39.8 Å². The first-order chi connectivity index (χ1) is 16.3. The van der Waals surface area contributed by atoms with Gasteiger partial charge < -0.3 is 20.1 Å². The maximum atomic E-state index is 13.2. The van der Waals surface area contributed by atoms with Gasteiger partial charge in [0.05, 0.1) is 23.9 Å². The minimum absolute atomic E-state index is 0.116. The molecular formula is C25H29N5O4. The number of aryl methyl sites for hydroxylation is 1. The SMILES string of the molecule is Cc1c(C(=O)N2CC[C@@H](O)[C@H]2C)cn2nccc(Oc3ccc(N(C)C(=O)NC4CC4)cc3)c12. The van der Waals surface area contributed by atoms with E-state index < -0.39 is 6.10 Å². The fourth-order valence-electron chi connectivity index (χ4n) is 4.37. The Morgan fingerprint density at radius 2 is 1.91 bits per heavy atom. The van der Waals surface area contributed by atoms with Crippen molar-refractivity contribution < 1.29 is 19.4 Å². The summed E-state index contributed by atoms with van der Waals surface area (Å²) in [6, 6.07) is 9.01. The third kappa shape index (κ3) is 4.07. The molecule has 178 valence electrons. The summed E-state index contributed by atoms with van der Waals surface area (Å²) in [5.74, 6) is 1.07. The van der Waals surface area contributed by atoms with Crippen LogP contribution in [0.1, 0.15) is 42.1 Å². The molecule has 0 radical (unpaired) electrons. The number of aromatic nitrogens is 2. The lowest BCUT2D eigenvalue weighted by Crippen LogP contribution is -2.38. The quantitative estimate of drug-likeness (QED) is 0.605. The number of ether oxygens (including phenoxy) is 1. The Balaban J connectivity index is 1.37. The number of aliphatic hydroxyl groups excluding tert-OH is 1. The summed E-state index contributed by atoms with van der Waals surface area (Å²) in [4.78, 5) is 28.8. The fraction of sp³-hybridized carbons (Fsp3) is 0.400. The number of hydrogen-bond donors (Lipinski definition) is 2. The van der Waals surface area contributed by atoms with Gasteiger partial charge in [-0.1, -0.05) is 0 Å². The lowest BCUT2D eigenvalue weighted by Gasteiger charge is -2.22. The largest absolute Gasteiger partial charge is 0.455 e. The van der Waals surface area contributed by atoms with E-state index >= 15 is 0 Å². The minimum atomic E-state index is -0.500. The van der Waals surface area contributed by atoms with Crippen LogP contribution in [0.4, 0.5) is 10.5 Å². The average Bonchev–Trinajstić information content (AvgIpc) is 3.50. The van der Waals surface area contributed by atoms with Gasteiger partial charge in [-0.15, -0.1) is 0 Å². The van der Waals surface area contributed by atoms with Crippen LogP contribution in [0.2, 0.25) is 0 Å². The average molecular weight is 464 g/mol. The summed E-state index contributed by atoms with van der Waals surface area (Å²) in [5, 5.41) is 17.4. The van der Waals surface area contributed by atoms with Crippen LogP contribution < -0.4 is 15.0 Å². The Labute approximate surface area is 197 Å². The Morgan fingerprint density at radius 1 is 1.18 bits per heavy atom. The van der Waals surface area contributed by atoms with Crippen molar-refractivity contribution in [2.75, 3.05) is 18.5 Å². The predicted octanol–water partition coefficient (Wildman–Crippen LogP) is 3.34. The van der Waals surface area contributed by atoms with Crippen LogP contribution in [0.3, 0.4) is 0 Å². The molecule has 2 aliphatic rings. The van der Waals surface area contributed by atoms with Gasteiger partial charge in [-0.2, -0.15) is 5.10 Å². The number of carbonyl (C=O) groups excluding carboxylic acids is 2. The van der Waals surface area contributed by atoms with Crippen LogP contribution in [-0.2, 0) is 0 Å². The zero-order valence-corrected chi connectivity index (χ0v) is 19.6. The van der Waals surface area contributed by atoms with E-state index in [4.69, 9.17) is 4.74 Å². The lowest BCUT2D eigenvalue weighted by atomic mass is 10.1. The fourth-order valence-corrected chi connectivity index (χ4v) is 4.37. The molecule has 9 nitrogen and oxygen atoms in total. The van der Waals surface area contributed by atoms with Crippen LogP contribution in [0.15, 0.2) is 42.7 Å². The van der Waals surface area contributed by atoms with Crippen LogP contribution in [0, 0.1) is 6.92 Å². The highest BCUT2D eigenvalue weighted by atomic mass is 16.5. The molecule has 2 fully saturated rings. The van der Waals surface area contributed by atoms with Gasteiger partial charge in [0.1, 0.15) is 11.3 Å². The molecular weight excluding hydrogens is 434 g/mol. The molecule has 2 N–H and O–H groups in total. The van der Waals surface area contributed by atoms with E-state index in [0.717, 1.165) is 24.1 Å². The smallest absolute Gasteiger partial charge is 0.321 e. The van der Waals surface area contributed by atoms with Crippen molar-refractivity contribution in [3.63, 3.8) is 0 Å². The molecule has 1 saturated carbocycles. The maximum absolute atomic E-state index is 13.2. The summed E-state index contributed by atoms with van der Waals surface area (Å²) in [7, 11) is 1.74. The van der Waals surface area contributed by atoms with E-state index in [1.165, 1.54) is 0 Å². The molecule has 2 aromatic heterocycles. The molecule has 1 saturated heterocycles. The number of benzene rings is 1. The zero-order chi connectivity index (χ0) is 24.0. The number of aliphatic hydroxyl groups is 1. The number of urea groups is 1. The summed E-state index contributed by atoms with van der Waals surface area (Å²) < 4.78 is 7.81. The van der Waals surface area contributed by atoms with E-state index in [-0.39, 0.29) is 18.0 Å². The van der Waals surface area contributed by atoms with Gasteiger partial charge in [0, 0.05) is 37.6 Å². The summed E-state index contributed by atoms with van der Waals surface area (Å²) in [6.07, 6.45) is 5.51. The Morgan fingerprint density at radius 3 is 2.56 bits per heavy atom. The minimum Gasteiger partial charge on any atom is -0.455 e. The molecule has 2 atom stereocenters. The number of rotatable bonds is 5. The number of amides is 3. The van der Waals surface area contributed by atoms with Gasteiger partial charge in [-0.05, 0) is 62.9 Å². The van der Waals surface area contributed by atoms with Crippen molar-refractivity contribution in [2.45, 2.75) is 51.3 Å². The highest BCUT2D eigenvalue weighted by Gasteiger charge is 2.34. The molecule has 1 aliphatic carbocycles. The Hall–Kier alpha value is -3.59. The molecule has 34 heavy (non-hydrogen) atoms. The molecule has 3 amide bonds. The molecule has 0 unspecified atom stereocenters. The third-order valence-corrected chi connectivity index (χ3v) is 6.76. The van der Waals surface area contributed by atoms with Gasteiger partial charge in [-0.3, -0.25) is 9.69 Å². The van der Waals surface area contributed by atoms with Crippen molar-refractivity contribution in [1.29, 1.82) is 0 Å². The highest BCUT2D eigenvalue weighted by molar-refractivity contribution is 5.98. The van der Waals surface area contributed by atoms with Crippen LogP contribution in [0.5, 0.6) is 11.5 Å². The molecule has 1 aliphatic heterocycles. The summed E-state index contributed by atoms with van der Waals surface area (Å²) >= 11 is 0. The first-order valence-corrected chi connectivity index (χ1v) is 11.6. The molecule has 1 aromatic carbocycles. The summed E-state index contributed by atoms with van der Waals surface area (Å²) in [6.45, 7) is 4.28. The number of fused-ring (bicyclic) bond motifs is 1. The third-order valence-electron chi connectivity index (χ3n) is 6.76. The van der Waals surface area contributed by atoms with E-state index in [9.17, 15) is 14.7 Å². The molecule has 0 spiro atoms. The number of nitrogens with one attached hydrogen (secondary N) is 1. The first kappa shape index (κ1) is 22.2. The van der Waals surface area contributed by atoms with Crippen LogP contribution in [-0.4, -0.2) is 63.3 Å². The number of anilines is 1. The van der Waals surface area contributed by atoms with Crippen molar-refractivity contribution in [1.82, 2.24) is 19.8 Å². The predicted molar refractivity (Wildman–Crippen MR) is 128 cm³/mol. The van der Waals surface area contributed by atoms with Crippen LogP contribution in [0.25, 0.3) is 5.52 Å². The second-order valence-electron chi connectivity index (χ2n) is 9.13. The van der Waals surface area contributed by atoms with Gasteiger partial charge in [0.25, 0.3) is 5.91 Å². The Bertz CT molecular complexity index is 1230. The normalized spacial score (nSPS) is 19.9. The van der Waals surface area contributed by atoms with Crippen molar-refractivity contribution in [2.24, 2.45) is 0 Å². The van der Waals surface area contributed by atoms with Gasteiger partial charge in [-0.25, -0.2) is 9.31 Å². The van der Waals surface area contributed by atoms with Gasteiger partial charge in [0.2, 0.25) is 0 Å².